The Bertz CT molecular complexity index is 659. The molecular weight excluding hydrogens is 320 g/mol. The molecule has 7 nitrogen and oxygen atoms in total. The maximum Gasteiger partial charge on any atom is 0.294 e. The average Bonchev–Trinajstić information content (AvgIpc) is 2.80. The van der Waals surface area contributed by atoms with Gasteiger partial charge in [-0.2, -0.15) is 0 Å². The van der Waals surface area contributed by atoms with E-state index < -0.39 is 17.1 Å². The molecule has 2 N–H and O–H groups in total. The molecule has 0 unspecified atom stereocenters. The summed E-state index contributed by atoms with van der Waals surface area (Å²) in [5.41, 5.74) is 0.722. The van der Waals surface area contributed by atoms with Crippen LogP contribution >= 0.6 is 11.8 Å². The lowest BCUT2D eigenvalue weighted by molar-refractivity contribution is -0.129. The van der Waals surface area contributed by atoms with E-state index in [0.717, 1.165) is 22.2 Å². The van der Waals surface area contributed by atoms with Gasteiger partial charge in [-0.1, -0.05) is 12.1 Å². The van der Waals surface area contributed by atoms with E-state index in [2.05, 4.69) is 5.32 Å². The molecule has 0 atom stereocenters. The molecule has 3 amide bonds. The van der Waals surface area contributed by atoms with Crippen molar-refractivity contribution in [3.8, 4) is 5.75 Å². The Balaban J connectivity index is 2.11. The maximum atomic E-state index is 12.2. The van der Waals surface area contributed by atoms with Crippen LogP contribution in [0.5, 0.6) is 5.75 Å². The molecule has 0 bridgehead atoms. The number of rotatable bonds is 6. The van der Waals surface area contributed by atoms with Gasteiger partial charge in [0.05, 0.1) is 18.6 Å². The van der Waals surface area contributed by atoms with Gasteiger partial charge in [0.15, 0.2) is 0 Å². The fraction of sp³-hybridized carbons (Fsp3) is 0.267. The molecule has 122 valence electrons. The fourth-order valence-electron chi connectivity index (χ4n) is 1.91. The van der Waals surface area contributed by atoms with Crippen LogP contribution in [0.4, 0.5) is 4.79 Å². The Morgan fingerprint density at radius 1 is 1.43 bits per heavy atom. The topological polar surface area (TPSA) is 95.9 Å². The van der Waals surface area contributed by atoms with Gasteiger partial charge in [-0.15, -0.1) is 0 Å². The summed E-state index contributed by atoms with van der Waals surface area (Å²) in [7, 11) is 1.54. The van der Waals surface area contributed by atoms with E-state index in [1.54, 1.807) is 30.3 Å². The normalized spacial score (nSPS) is 16.1. The number of carbonyl (C=O) groups is 3. The van der Waals surface area contributed by atoms with Crippen molar-refractivity contribution >= 4 is 34.9 Å². The van der Waals surface area contributed by atoms with Crippen molar-refractivity contribution < 1.29 is 24.2 Å². The first-order chi connectivity index (χ1) is 11.0. The smallest absolute Gasteiger partial charge is 0.294 e. The van der Waals surface area contributed by atoms with Gasteiger partial charge in [0.25, 0.3) is 11.1 Å². The minimum absolute atomic E-state index is 0.0781. The number of aliphatic hydroxyl groups excluding tert-OH is 1. The highest BCUT2D eigenvalue weighted by molar-refractivity contribution is 8.18. The number of hydrogen-bond acceptors (Lipinski definition) is 6. The molecule has 1 heterocycles. The second-order valence-corrected chi connectivity index (χ2v) is 5.61. The van der Waals surface area contributed by atoms with E-state index in [1.165, 1.54) is 7.11 Å². The number of carbonyl (C=O) groups excluding carboxylic acids is 3. The van der Waals surface area contributed by atoms with Gasteiger partial charge < -0.3 is 15.2 Å². The van der Waals surface area contributed by atoms with Crippen molar-refractivity contribution in [2.45, 2.75) is 0 Å². The first kappa shape index (κ1) is 17.0. The minimum Gasteiger partial charge on any atom is -0.497 e. The van der Waals surface area contributed by atoms with Crippen molar-refractivity contribution in [2.24, 2.45) is 0 Å². The van der Waals surface area contributed by atoms with Crippen molar-refractivity contribution in [3.63, 3.8) is 0 Å². The SMILES string of the molecule is COc1cccc(/C=C2\SC(=O)N(CC(=O)NCCO)C2=O)c1. The number of methoxy groups -OCH3 is 1. The van der Waals surface area contributed by atoms with Gasteiger partial charge >= 0.3 is 0 Å². The molecule has 1 fully saturated rings. The average molecular weight is 336 g/mol. The lowest BCUT2D eigenvalue weighted by Gasteiger charge is -2.11. The molecule has 0 saturated carbocycles. The largest absolute Gasteiger partial charge is 0.497 e. The Hall–Kier alpha value is -2.32. The summed E-state index contributed by atoms with van der Waals surface area (Å²) in [5.74, 6) is -0.368. The van der Waals surface area contributed by atoms with Gasteiger partial charge in [-0.3, -0.25) is 19.3 Å². The minimum atomic E-state index is -0.512. The Kier molecular flexibility index (Phi) is 5.78. The van der Waals surface area contributed by atoms with Crippen LogP contribution in [0.2, 0.25) is 0 Å². The molecule has 1 aromatic carbocycles. The maximum absolute atomic E-state index is 12.2. The molecule has 1 aliphatic heterocycles. The predicted octanol–water partition coefficient (Wildman–Crippen LogP) is 0.840. The molecule has 0 aliphatic carbocycles. The van der Waals surface area contributed by atoms with Crippen LogP contribution in [0, 0.1) is 0 Å². The monoisotopic (exact) mass is 336 g/mol. The zero-order valence-corrected chi connectivity index (χ0v) is 13.3. The van der Waals surface area contributed by atoms with E-state index in [-0.39, 0.29) is 24.6 Å². The van der Waals surface area contributed by atoms with Crippen LogP contribution in [0.1, 0.15) is 5.56 Å². The number of amides is 3. The molecule has 23 heavy (non-hydrogen) atoms. The zero-order valence-electron chi connectivity index (χ0n) is 12.4. The lowest BCUT2D eigenvalue weighted by atomic mass is 10.2. The highest BCUT2D eigenvalue weighted by Crippen LogP contribution is 2.32. The molecule has 1 aromatic rings. The number of nitrogens with one attached hydrogen (secondary N) is 1. The van der Waals surface area contributed by atoms with Crippen molar-refractivity contribution in [2.75, 3.05) is 26.8 Å². The molecule has 8 heteroatoms. The number of nitrogens with zero attached hydrogens (tertiary/aromatic N) is 1. The quantitative estimate of drug-likeness (QED) is 0.748. The van der Waals surface area contributed by atoms with Gasteiger partial charge in [0, 0.05) is 6.54 Å². The highest BCUT2D eigenvalue weighted by Gasteiger charge is 2.36. The first-order valence-corrected chi connectivity index (χ1v) is 7.63. The third-order valence-corrected chi connectivity index (χ3v) is 3.91. The standard InChI is InChI=1S/C15H16N2O5S/c1-22-11-4-2-3-10(7-11)8-12-14(20)17(15(21)23-12)9-13(19)16-5-6-18/h2-4,7-8,18H,5-6,9H2,1H3,(H,16,19)/b12-8-. The third-order valence-electron chi connectivity index (χ3n) is 3.00. The molecular formula is C15H16N2O5S. The Labute approximate surface area is 137 Å². The molecule has 0 radical (unpaired) electrons. The second kappa shape index (κ2) is 7.80. The van der Waals surface area contributed by atoms with Crippen LogP contribution in [-0.4, -0.2) is 53.9 Å². The summed E-state index contributed by atoms with van der Waals surface area (Å²) in [5, 5.41) is 10.5. The summed E-state index contributed by atoms with van der Waals surface area (Å²) in [6.45, 7) is -0.488. The van der Waals surface area contributed by atoms with Gasteiger partial charge in [0.1, 0.15) is 12.3 Å². The summed E-state index contributed by atoms with van der Waals surface area (Å²) in [6.07, 6.45) is 1.58. The number of benzene rings is 1. The number of ether oxygens (including phenoxy) is 1. The highest BCUT2D eigenvalue weighted by atomic mass is 32.2. The Morgan fingerprint density at radius 2 is 2.22 bits per heavy atom. The molecule has 2 rings (SSSR count). The second-order valence-electron chi connectivity index (χ2n) is 4.62. The number of thioether (sulfide) groups is 1. The Morgan fingerprint density at radius 3 is 2.91 bits per heavy atom. The van der Waals surface area contributed by atoms with Crippen LogP contribution in [0.15, 0.2) is 29.2 Å². The van der Waals surface area contributed by atoms with Crippen molar-refractivity contribution in [3.05, 3.63) is 34.7 Å². The van der Waals surface area contributed by atoms with Crippen LogP contribution in [0.25, 0.3) is 6.08 Å². The summed E-state index contributed by atoms with van der Waals surface area (Å²) >= 11 is 0.784. The predicted molar refractivity (Wildman–Crippen MR) is 85.8 cm³/mol. The van der Waals surface area contributed by atoms with E-state index in [0.29, 0.717) is 5.75 Å². The number of aliphatic hydroxyl groups is 1. The van der Waals surface area contributed by atoms with Gasteiger partial charge in [-0.05, 0) is 35.5 Å². The van der Waals surface area contributed by atoms with E-state index in [4.69, 9.17) is 9.84 Å². The van der Waals surface area contributed by atoms with E-state index in [1.807, 2.05) is 0 Å². The van der Waals surface area contributed by atoms with Gasteiger partial charge in [-0.25, -0.2) is 0 Å². The van der Waals surface area contributed by atoms with Crippen molar-refractivity contribution in [1.29, 1.82) is 0 Å². The van der Waals surface area contributed by atoms with Crippen LogP contribution < -0.4 is 10.1 Å². The van der Waals surface area contributed by atoms with Crippen molar-refractivity contribution in [1.82, 2.24) is 10.2 Å². The summed E-state index contributed by atoms with van der Waals surface area (Å²) in [4.78, 5) is 36.8. The lowest BCUT2D eigenvalue weighted by Crippen LogP contribution is -2.40. The number of imide groups is 1. The summed E-state index contributed by atoms with van der Waals surface area (Å²) in [6, 6.07) is 7.07. The first-order valence-electron chi connectivity index (χ1n) is 6.82. The van der Waals surface area contributed by atoms with Gasteiger partial charge in [0.2, 0.25) is 5.91 Å². The molecule has 1 saturated heterocycles. The van der Waals surface area contributed by atoms with Crippen LogP contribution in [0.3, 0.4) is 0 Å². The summed E-state index contributed by atoms with van der Waals surface area (Å²) < 4.78 is 5.11. The van der Waals surface area contributed by atoms with E-state index >= 15 is 0 Å². The third kappa shape index (κ3) is 4.33. The zero-order chi connectivity index (χ0) is 16.8. The van der Waals surface area contributed by atoms with E-state index in [9.17, 15) is 14.4 Å². The fourth-order valence-corrected chi connectivity index (χ4v) is 2.75. The van der Waals surface area contributed by atoms with Crippen LogP contribution in [-0.2, 0) is 9.59 Å². The number of hydrogen-bond donors (Lipinski definition) is 2. The molecule has 1 aliphatic rings. The molecule has 0 aromatic heterocycles. The molecule has 0 spiro atoms.